The quantitative estimate of drug-likeness (QED) is 0.261. The maximum atomic E-state index is 14.1. The number of halogens is 2. The molecule has 0 saturated carbocycles. The van der Waals surface area contributed by atoms with Crippen LogP contribution in [0.2, 0.25) is 10.0 Å². The van der Waals surface area contributed by atoms with Crippen molar-refractivity contribution in [1.82, 2.24) is 19.6 Å². The fourth-order valence-corrected chi connectivity index (χ4v) is 7.75. The Morgan fingerprint density at radius 3 is 2.21 bits per heavy atom. The first kappa shape index (κ1) is 34.3. The molecular weight excluding hydrogens is 645 g/mol. The summed E-state index contributed by atoms with van der Waals surface area (Å²) in [7, 11) is 4.14. The normalized spacial score (nSPS) is 18.1. The summed E-state index contributed by atoms with van der Waals surface area (Å²) in [5.41, 5.74) is 5.46. The standard InChI is InChI=1S/C38H45Cl2N5O3/c1-42(2)24-26-7-10-28(11-8-26)29-13-17-44(18-14-29)37(47)31(21-27-9-12-33(39)34(40)22-27)23-36(46)43-19-15-32(16-20-43)45-25-30-5-3-4-6-35(30)41-38(45)48/h3-12,22,29,31-32H,13-21,23-25H2,1-2H3,(H,41,48)/t31-/m1/s1. The lowest BCUT2D eigenvalue weighted by atomic mass is 9.87. The number of benzene rings is 3. The highest BCUT2D eigenvalue weighted by atomic mass is 35.5. The van der Waals surface area contributed by atoms with E-state index in [-0.39, 0.29) is 30.3 Å². The van der Waals surface area contributed by atoms with Crippen molar-refractivity contribution in [2.45, 2.75) is 63.6 Å². The van der Waals surface area contributed by atoms with Crippen LogP contribution in [0.4, 0.5) is 10.5 Å². The van der Waals surface area contributed by atoms with Gasteiger partial charge >= 0.3 is 6.03 Å². The predicted octanol–water partition coefficient (Wildman–Crippen LogP) is 7.05. The van der Waals surface area contributed by atoms with Crippen molar-refractivity contribution in [2.75, 3.05) is 45.6 Å². The lowest BCUT2D eigenvalue weighted by Gasteiger charge is -2.41. The van der Waals surface area contributed by atoms with Crippen LogP contribution in [0.1, 0.15) is 60.3 Å². The van der Waals surface area contributed by atoms with Crippen molar-refractivity contribution in [3.63, 3.8) is 0 Å². The lowest BCUT2D eigenvalue weighted by molar-refractivity contribution is -0.142. The molecule has 0 unspecified atom stereocenters. The summed E-state index contributed by atoms with van der Waals surface area (Å²) < 4.78 is 0. The summed E-state index contributed by atoms with van der Waals surface area (Å²) in [6, 6.07) is 22.1. The minimum absolute atomic E-state index is 0.0204. The number of likely N-dealkylation sites (tertiary alicyclic amines) is 2. The molecule has 0 aromatic heterocycles. The molecule has 4 amide bonds. The van der Waals surface area contributed by atoms with Gasteiger partial charge in [-0.1, -0.05) is 71.7 Å². The number of hydrogen-bond donors (Lipinski definition) is 1. The molecule has 3 aliphatic rings. The molecule has 6 rings (SSSR count). The number of nitrogens with zero attached hydrogens (tertiary/aromatic N) is 4. The van der Waals surface area contributed by atoms with Gasteiger partial charge in [0.2, 0.25) is 11.8 Å². The van der Waals surface area contributed by atoms with Gasteiger partial charge in [-0.2, -0.15) is 0 Å². The third-order valence-electron chi connectivity index (χ3n) is 10.1. The van der Waals surface area contributed by atoms with Gasteiger partial charge in [-0.15, -0.1) is 0 Å². The van der Waals surface area contributed by atoms with Gasteiger partial charge in [0, 0.05) is 57.4 Å². The van der Waals surface area contributed by atoms with E-state index in [2.05, 4.69) is 48.6 Å². The van der Waals surface area contributed by atoms with Crippen LogP contribution in [0.3, 0.4) is 0 Å². The van der Waals surface area contributed by atoms with E-state index in [1.807, 2.05) is 45.0 Å². The number of amides is 4. The van der Waals surface area contributed by atoms with Crippen LogP contribution in [0.5, 0.6) is 0 Å². The first-order valence-corrected chi connectivity index (χ1v) is 17.8. The van der Waals surface area contributed by atoms with Crippen molar-refractivity contribution < 1.29 is 14.4 Å². The Kier molecular flexibility index (Phi) is 10.9. The zero-order valence-corrected chi connectivity index (χ0v) is 29.3. The topological polar surface area (TPSA) is 76.2 Å². The van der Waals surface area contributed by atoms with Crippen LogP contribution >= 0.6 is 23.2 Å². The fourth-order valence-electron chi connectivity index (χ4n) is 7.43. The van der Waals surface area contributed by atoms with Crippen LogP contribution in [-0.2, 0) is 29.1 Å². The maximum Gasteiger partial charge on any atom is 0.322 e. The Labute approximate surface area is 294 Å². The number of rotatable bonds is 9. The Hall–Kier alpha value is -3.59. The zero-order valence-electron chi connectivity index (χ0n) is 27.8. The Bertz CT molecular complexity index is 1610. The number of anilines is 1. The van der Waals surface area contributed by atoms with Crippen LogP contribution in [0.25, 0.3) is 0 Å². The van der Waals surface area contributed by atoms with Crippen molar-refractivity contribution >= 4 is 46.7 Å². The molecule has 2 fully saturated rings. The number of fused-ring (bicyclic) bond motifs is 1. The van der Waals surface area contributed by atoms with Gasteiger partial charge in [-0.25, -0.2) is 4.79 Å². The van der Waals surface area contributed by atoms with E-state index in [9.17, 15) is 14.4 Å². The van der Waals surface area contributed by atoms with Crippen molar-refractivity contribution in [3.05, 3.63) is 99.0 Å². The first-order valence-electron chi connectivity index (χ1n) is 17.0. The van der Waals surface area contributed by atoms with E-state index in [1.165, 1.54) is 11.1 Å². The second kappa shape index (κ2) is 15.3. The second-order valence-electron chi connectivity index (χ2n) is 13.8. The zero-order chi connectivity index (χ0) is 33.8. The molecule has 0 radical (unpaired) electrons. The van der Waals surface area contributed by atoms with E-state index in [0.717, 1.165) is 36.2 Å². The third kappa shape index (κ3) is 8.16. The third-order valence-corrected chi connectivity index (χ3v) is 10.9. The average molecular weight is 691 g/mol. The van der Waals surface area contributed by atoms with Gasteiger partial charge in [0.1, 0.15) is 0 Å². The molecule has 254 valence electrons. The number of carbonyl (C=O) groups is 3. The molecule has 3 heterocycles. The Balaban J connectivity index is 1.08. The van der Waals surface area contributed by atoms with Crippen molar-refractivity contribution in [1.29, 1.82) is 0 Å². The summed E-state index contributed by atoms with van der Waals surface area (Å²) in [6.07, 6.45) is 3.75. The molecular formula is C38H45Cl2N5O3. The molecule has 2 saturated heterocycles. The van der Waals surface area contributed by atoms with Gasteiger partial charge in [0.25, 0.3) is 0 Å². The van der Waals surface area contributed by atoms with E-state index >= 15 is 0 Å². The predicted molar refractivity (Wildman–Crippen MR) is 191 cm³/mol. The highest BCUT2D eigenvalue weighted by Gasteiger charge is 2.35. The number of hydrogen-bond acceptors (Lipinski definition) is 4. The van der Waals surface area contributed by atoms with Crippen molar-refractivity contribution in [3.8, 4) is 0 Å². The summed E-state index contributed by atoms with van der Waals surface area (Å²) in [5, 5.41) is 3.91. The Morgan fingerprint density at radius 1 is 0.854 bits per heavy atom. The SMILES string of the molecule is CN(C)Cc1ccc(C2CCN(C(=O)[C@@H](CC(=O)N3CCC(N4Cc5ccccc5NC4=O)CC3)Cc3ccc(Cl)c(Cl)c3)CC2)cc1. The van der Waals surface area contributed by atoms with Crippen LogP contribution in [-0.4, -0.2) is 83.8 Å². The van der Waals surface area contributed by atoms with Gasteiger partial charge in [0.05, 0.1) is 16.0 Å². The molecule has 0 aliphatic carbocycles. The highest BCUT2D eigenvalue weighted by Crippen LogP contribution is 2.32. The van der Waals surface area contributed by atoms with Crippen molar-refractivity contribution in [2.24, 2.45) is 5.92 Å². The highest BCUT2D eigenvalue weighted by molar-refractivity contribution is 6.42. The minimum atomic E-state index is -0.501. The van der Waals surface area contributed by atoms with Gasteiger partial charge in [0.15, 0.2) is 0 Å². The van der Waals surface area contributed by atoms with Gasteiger partial charge in [-0.05, 0) is 92.6 Å². The second-order valence-corrected chi connectivity index (χ2v) is 14.6. The largest absolute Gasteiger partial charge is 0.343 e. The van der Waals surface area contributed by atoms with E-state index in [4.69, 9.17) is 23.2 Å². The Morgan fingerprint density at radius 2 is 1.52 bits per heavy atom. The molecule has 8 nitrogen and oxygen atoms in total. The summed E-state index contributed by atoms with van der Waals surface area (Å²) in [6.45, 7) is 3.93. The smallest absolute Gasteiger partial charge is 0.322 e. The summed E-state index contributed by atoms with van der Waals surface area (Å²) in [5.74, 6) is -0.0891. The van der Waals surface area contributed by atoms with E-state index < -0.39 is 5.92 Å². The van der Waals surface area contributed by atoms with Gasteiger partial charge < -0.3 is 24.9 Å². The maximum absolute atomic E-state index is 14.1. The molecule has 0 bridgehead atoms. The van der Waals surface area contributed by atoms with Crippen LogP contribution in [0, 0.1) is 5.92 Å². The molecule has 48 heavy (non-hydrogen) atoms. The fraction of sp³-hybridized carbons (Fsp3) is 0.447. The lowest BCUT2D eigenvalue weighted by Crippen LogP contribution is -2.51. The number of nitrogens with one attached hydrogen (secondary N) is 1. The minimum Gasteiger partial charge on any atom is -0.343 e. The summed E-state index contributed by atoms with van der Waals surface area (Å²) >= 11 is 12.5. The molecule has 3 aliphatic heterocycles. The average Bonchev–Trinajstić information content (AvgIpc) is 3.09. The number of carbonyl (C=O) groups excluding carboxylic acids is 3. The molecule has 3 aromatic rings. The number of para-hydroxylation sites is 1. The van der Waals surface area contributed by atoms with Crippen LogP contribution < -0.4 is 5.32 Å². The van der Waals surface area contributed by atoms with Gasteiger partial charge in [-0.3, -0.25) is 9.59 Å². The number of urea groups is 1. The first-order chi connectivity index (χ1) is 23.1. The summed E-state index contributed by atoms with van der Waals surface area (Å²) in [4.78, 5) is 48.6. The monoisotopic (exact) mass is 689 g/mol. The molecule has 1 atom stereocenters. The van der Waals surface area contributed by atoms with E-state index in [0.29, 0.717) is 67.9 Å². The number of piperidine rings is 2. The molecule has 3 aromatic carbocycles. The van der Waals surface area contributed by atoms with Crippen LogP contribution in [0.15, 0.2) is 66.7 Å². The molecule has 1 N–H and O–H groups in total. The molecule has 10 heteroatoms. The van der Waals surface area contributed by atoms with E-state index in [1.54, 1.807) is 12.1 Å². The molecule has 0 spiro atoms.